The predicted molar refractivity (Wildman–Crippen MR) is 146 cm³/mol. The molecule has 1 N–H and O–H groups in total. The maximum Gasteiger partial charge on any atom is 0.405 e. The van der Waals surface area contributed by atoms with Crippen molar-refractivity contribution in [2.75, 3.05) is 6.54 Å². The highest BCUT2D eigenvalue weighted by atomic mass is 35.5. The van der Waals surface area contributed by atoms with Gasteiger partial charge in [0.05, 0.1) is 21.9 Å². The molecule has 0 aliphatic carbocycles. The van der Waals surface area contributed by atoms with Gasteiger partial charge in [-0.05, 0) is 59.7 Å². The van der Waals surface area contributed by atoms with E-state index in [1.165, 1.54) is 36.0 Å². The van der Waals surface area contributed by atoms with Gasteiger partial charge in [0.2, 0.25) is 0 Å². The molecule has 0 spiro atoms. The zero-order chi connectivity index (χ0) is 29.2. The van der Waals surface area contributed by atoms with E-state index in [-0.39, 0.29) is 16.9 Å². The van der Waals surface area contributed by atoms with Gasteiger partial charge in [0.1, 0.15) is 18.2 Å². The number of nitrogens with zero attached hydrogens (tertiary/aromatic N) is 2. The average molecular weight is 614 g/mol. The number of thioether (sulfide) groups is 1. The molecule has 0 saturated carbocycles. The molecule has 1 amide bonds. The Kier molecular flexibility index (Phi) is 8.82. The van der Waals surface area contributed by atoms with Crippen molar-refractivity contribution in [2.45, 2.75) is 36.3 Å². The Morgan fingerprint density at radius 3 is 2.30 bits per heavy atom. The molecule has 0 bridgehead atoms. The lowest BCUT2D eigenvalue weighted by atomic mass is 9.81. The smallest absolute Gasteiger partial charge is 0.343 e. The summed E-state index contributed by atoms with van der Waals surface area (Å²) in [5.41, 5.74) is 1.58. The maximum absolute atomic E-state index is 14.8. The molecule has 1 aromatic heterocycles. The Morgan fingerprint density at radius 2 is 1.68 bits per heavy atom. The molecule has 0 radical (unpaired) electrons. The molecule has 0 saturated heterocycles. The van der Waals surface area contributed by atoms with Crippen molar-refractivity contribution in [3.05, 3.63) is 111 Å². The van der Waals surface area contributed by atoms with E-state index in [0.717, 1.165) is 17.3 Å². The SMILES string of the molecule is CC(C)(c1ccc(Cl)c(Cl)c1)c1cnc(SCc2ccc(C(=O)NCC(F)(F)F)cc2F)n1-c1ccc(F)cc1. The number of benzene rings is 3. The van der Waals surface area contributed by atoms with Crippen LogP contribution in [0.3, 0.4) is 0 Å². The summed E-state index contributed by atoms with van der Waals surface area (Å²) in [7, 11) is 0. The first kappa shape index (κ1) is 29.9. The van der Waals surface area contributed by atoms with Crippen LogP contribution in [-0.4, -0.2) is 28.2 Å². The van der Waals surface area contributed by atoms with Crippen LogP contribution in [0.5, 0.6) is 0 Å². The second-order valence-corrected chi connectivity index (χ2v) is 11.1. The number of carbonyl (C=O) groups is 1. The van der Waals surface area contributed by atoms with Crippen molar-refractivity contribution in [3.8, 4) is 5.69 Å². The second kappa shape index (κ2) is 11.8. The largest absolute Gasteiger partial charge is 0.405 e. The second-order valence-electron chi connectivity index (χ2n) is 9.38. The molecule has 0 fully saturated rings. The molecule has 40 heavy (non-hydrogen) atoms. The molecule has 4 rings (SSSR count). The summed E-state index contributed by atoms with van der Waals surface area (Å²) in [4.78, 5) is 16.5. The van der Waals surface area contributed by atoms with Crippen LogP contribution in [0.2, 0.25) is 10.0 Å². The van der Waals surface area contributed by atoms with Crippen LogP contribution < -0.4 is 5.32 Å². The van der Waals surface area contributed by atoms with Crippen molar-refractivity contribution in [3.63, 3.8) is 0 Å². The lowest BCUT2D eigenvalue weighted by Gasteiger charge is -2.28. The quantitative estimate of drug-likeness (QED) is 0.160. The molecule has 1 heterocycles. The van der Waals surface area contributed by atoms with E-state index in [9.17, 15) is 26.7 Å². The number of amides is 1. The first-order chi connectivity index (χ1) is 18.8. The summed E-state index contributed by atoms with van der Waals surface area (Å²) < 4.78 is 67.6. The molecule has 4 nitrogen and oxygen atoms in total. The van der Waals surface area contributed by atoms with E-state index in [1.54, 1.807) is 35.8 Å². The van der Waals surface area contributed by atoms with Crippen molar-refractivity contribution in [1.29, 1.82) is 0 Å². The zero-order valence-electron chi connectivity index (χ0n) is 21.1. The molecular formula is C28H22Cl2F5N3OS. The fourth-order valence-electron chi connectivity index (χ4n) is 3.98. The third-order valence-corrected chi connectivity index (χ3v) is 7.96. The molecule has 12 heteroatoms. The number of nitrogens with one attached hydrogen (secondary N) is 1. The van der Waals surface area contributed by atoms with Gasteiger partial charge in [-0.2, -0.15) is 13.2 Å². The molecule has 210 valence electrons. The third-order valence-electron chi connectivity index (χ3n) is 6.22. The number of hydrogen-bond acceptors (Lipinski definition) is 3. The van der Waals surface area contributed by atoms with Gasteiger partial charge in [-0.25, -0.2) is 13.8 Å². The standard InChI is InChI=1S/C28H22Cl2F5N3OS/c1-27(2,18-5-10-21(29)22(30)12-18)24-13-36-26(38(24)20-8-6-19(31)7-9-20)40-14-17-4-3-16(11-23(17)32)25(39)37-15-28(33,34)35/h3-13H,14-15H2,1-2H3,(H,37,39). The third kappa shape index (κ3) is 6.79. The topological polar surface area (TPSA) is 46.9 Å². The van der Waals surface area contributed by atoms with Gasteiger partial charge in [-0.15, -0.1) is 0 Å². The van der Waals surface area contributed by atoms with Crippen molar-refractivity contribution >= 4 is 40.9 Å². The van der Waals surface area contributed by atoms with Gasteiger partial charge < -0.3 is 5.32 Å². The summed E-state index contributed by atoms with van der Waals surface area (Å²) in [6.45, 7) is 2.43. The highest BCUT2D eigenvalue weighted by Gasteiger charge is 2.30. The first-order valence-corrected chi connectivity index (χ1v) is 13.6. The summed E-state index contributed by atoms with van der Waals surface area (Å²) in [5, 5.41) is 3.01. The van der Waals surface area contributed by atoms with Crippen LogP contribution in [0.1, 0.15) is 41.0 Å². The maximum atomic E-state index is 14.8. The highest BCUT2D eigenvalue weighted by Crippen LogP contribution is 2.38. The number of aromatic nitrogens is 2. The van der Waals surface area contributed by atoms with Crippen LogP contribution in [0.4, 0.5) is 22.0 Å². The summed E-state index contributed by atoms with van der Waals surface area (Å²) in [5.74, 6) is -2.09. The summed E-state index contributed by atoms with van der Waals surface area (Å²) in [6.07, 6.45) is -2.90. The van der Waals surface area contributed by atoms with Gasteiger partial charge in [0.25, 0.3) is 5.91 Å². The van der Waals surface area contributed by atoms with Crippen LogP contribution in [-0.2, 0) is 11.2 Å². The normalized spacial score (nSPS) is 12.0. The van der Waals surface area contributed by atoms with E-state index in [1.807, 2.05) is 24.5 Å². The predicted octanol–water partition coefficient (Wildman–Crippen LogP) is 8.37. The van der Waals surface area contributed by atoms with Gasteiger partial charge in [0.15, 0.2) is 5.16 Å². The number of hydrogen-bond donors (Lipinski definition) is 1. The first-order valence-electron chi connectivity index (χ1n) is 11.8. The Bertz CT molecular complexity index is 1540. The lowest BCUT2D eigenvalue weighted by Crippen LogP contribution is -2.33. The van der Waals surface area contributed by atoms with E-state index < -0.39 is 35.7 Å². The van der Waals surface area contributed by atoms with Gasteiger partial charge >= 0.3 is 6.18 Å². The lowest BCUT2D eigenvalue weighted by molar-refractivity contribution is -0.123. The zero-order valence-corrected chi connectivity index (χ0v) is 23.5. The molecule has 3 aromatic carbocycles. The number of carbonyl (C=O) groups excluding carboxylic acids is 1. The minimum Gasteiger partial charge on any atom is -0.343 e. The molecule has 0 aliphatic heterocycles. The van der Waals surface area contributed by atoms with Crippen molar-refractivity contribution in [2.24, 2.45) is 0 Å². The average Bonchev–Trinajstić information content (AvgIpc) is 3.33. The van der Waals surface area contributed by atoms with Gasteiger partial charge in [0, 0.05) is 22.4 Å². The Balaban J connectivity index is 1.64. The number of rotatable bonds is 8. The minimum atomic E-state index is -4.58. The van der Waals surface area contributed by atoms with E-state index >= 15 is 0 Å². The minimum absolute atomic E-state index is 0.0983. The molecule has 0 atom stereocenters. The van der Waals surface area contributed by atoms with E-state index in [2.05, 4.69) is 4.98 Å². The van der Waals surface area contributed by atoms with Crippen LogP contribution in [0, 0.1) is 11.6 Å². The van der Waals surface area contributed by atoms with E-state index in [0.29, 0.717) is 20.9 Å². The Labute approximate surface area is 241 Å². The highest BCUT2D eigenvalue weighted by molar-refractivity contribution is 7.98. The fourth-order valence-corrected chi connectivity index (χ4v) is 5.26. The van der Waals surface area contributed by atoms with Crippen molar-refractivity contribution in [1.82, 2.24) is 14.9 Å². The number of alkyl halides is 3. The summed E-state index contributed by atoms with van der Waals surface area (Å²) in [6, 6.07) is 14.7. The van der Waals surface area contributed by atoms with E-state index in [4.69, 9.17) is 23.2 Å². The molecule has 0 unspecified atom stereocenters. The van der Waals surface area contributed by atoms with Crippen LogP contribution in [0.25, 0.3) is 5.69 Å². The molecular weight excluding hydrogens is 592 g/mol. The molecule has 0 aliphatic rings. The van der Waals surface area contributed by atoms with Crippen molar-refractivity contribution < 1.29 is 26.7 Å². The van der Waals surface area contributed by atoms with Gasteiger partial charge in [-0.1, -0.05) is 60.9 Å². The van der Waals surface area contributed by atoms with Gasteiger partial charge in [-0.3, -0.25) is 9.36 Å². The number of halogens is 7. The molecule has 4 aromatic rings. The fraction of sp³-hybridized carbons (Fsp3) is 0.214. The Hall–Kier alpha value is -3.08. The Morgan fingerprint density at radius 1 is 0.975 bits per heavy atom. The monoisotopic (exact) mass is 613 g/mol. The summed E-state index contributed by atoms with van der Waals surface area (Å²) >= 11 is 13.6. The van der Waals surface area contributed by atoms with Crippen LogP contribution in [0.15, 0.2) is 72.0 Å². The number of imidazole rings is 1. The van der Waals surface area contributed by atoms with Crippen LogP contribution >= 0.6 is 35.0 Å².